The lowest BCUT2D eigenvalue weighted by Crippen LogP contribution is -2.33. The van der Waals surface area contributed by atoms with Crippen LogP contribution in [0.3, 0.4) is 0 Å². The zero-order valence-corrected chi connectivity index (χ0v) is 15.1. The van der Waals surface area contributed by atoms with Crippen molar-refractivity contribution >= 4 is 8.22 Å². The van der Waals surface area contributed by atoms with E-state index in [1.807, 2.05) is 0 Å². The summed E-state index contributed by atoms with van der Waals surface area (Å²) >= 11 is 0. The SMILES string of the molecule is CCN(CC)P(/C(C)=C/NC(C)(C)C)N(CC)CC. The first-order chi connectivity index (χ1) is 8.80. The molecule has 0 unspecified atom stereocenters. The second kappa shape index (κ2) is 8.94. The average molecular weight is 287 g/mol. The van der Waals surface area contributed by atoms with Gasteiger partial charge in [0.2, 0.25) is 0 Å². The molecule has 4 heteroatoms. The largest absolute Gasteiger partial charge is 0.386 e. The van der Waals surface area contributed by atoms with Crippen LogP contribution < -0.4 is 5.32 Å². The fourth-order valence-corrected chi connectivity index (χ4v) is 4.49. The lowest BCUT2D eigenvalue weighted by molar-refractivity contribution is 0.426. The smallest absolute Gasteiger partial charge is 0.0693 e. The van der Waals surface area contributed by atoms with Gasteiger partial charge in [0.1, 0.15) is 0 Å². The van der Waals surface area contributed by atoms with E-state index in [-0.39, 0.29) is 13.8 Å². The molecule has 3 nitrogen and oxygen atoms in total. The van der Waals surface area contributed by atoms with Gasteiger partial charge in [-0.25, -0.2) is 0 Å². The van der Waals surface area contributed by atoms with Crippen molar-refractivity contribution < 1.29 is 0 Å². The monoisotopic (exact) mass is 287 g/mol. The molecule has 0 aliphatic rings. The fraction of sp³-hybridized carbons (Fsp3) is 0.867. The number of rotatable bonds is 8. The average Bonchev–Trinajstić information content (AvgIpc) is 2.35. The van der Waals surface area contributed by atoms with Gasteiger partial charge in [-0.3, -0.25) is 9.34 Å². The van der Waals surface area contributed by atoms with E-state index in [4.69, 9.17) is 0 Å². The molecule has 0 aliphatic carbocycles. The summed E-state index contributed by atoms with van der Waals surface area (Å²) in [6.07, 6.45) is 2.22. The van der Waals surface area contributed by atoms with Gasteiger partial charge in [-0.05, 0) is 33.0 Å². The third kappa shape index (κ3) is 6.74. The predicted molar refractivity (Wildman–Crippen MR) is 89.4 cm³/mol. The zero-order chi connectivity index (χ0) is 15.1. The van der Waals surface area contributed by atoms with Crippen molar-refractivity contribution in [2.45, 2.75) is 60.9 Å². The molecular weight excluding hydrogens is 253 g/mol. The Morgan fingerprint density at radius 3 is 1.58 bits per heavy atom. The maximum Gasteiger partial charge on any atom is 0.0693 e. The molecule has 114 valence electrons. The lowest BCUT2D eigenvalue weighted by atomic mass is 10.1. The third-order valence-electron chi connectivity index (χ3n) is 3.03. The van der Waals surface area contributed by atoms with E-state index in [1.54, 1.807) is 0 Å². The highest BCUT2D eigenvalue weighted by Crippen LogP contribution is 2.50. The van der Waals surface area contributed by atoms with Crippen molar-refractivity contribution in [3.8, 4) is 0 Å². The molecule has 0 aromatic carbocycles. The summed E-state index contributed by atoms with van der Waals surface area (Å²) in [5.41, 5.74) is 0.134. The minimum absolute atomic E-state index is 0.134. The Labute approximate surface area is 122 Å². The Balaban J connectivity index is 5.11. The second-order valence-electron chi connectivity index (χ2n) is 5.75. The summed E-state index contributed by atoms with van der Waals surface area (Å²) in [4.78, 5) is 0. The summed E-state index contributed by atoms with van der Waals surface area (Å²) in [5, 5.41) is 4.96. The summed E-state index contributed by atoms with van der Waals surface area (Å²) in [6.45, 7) is 22.3. The molecule has 0 fully saturated rings. The van der Waals surface area contributed by atoms with Gasteiger partial charge in [0, 0.05) is 37.9 Å². The number of hydrogen-bond donors (Lipinski definition) is 1. The molecule has 19 heavy (non-hydrogen) atoms. The van der Waals surface area contributed by atoms with Crippen molar-refractivity contribution in [1.82, 2.24) is 14.7 Å². The molecule has 0 heterocycles. The van der Waals surface area contributed by atoms with E-state index in [1.165, 1.54) is 5.31 Å². The number of nitrogens with zero attached hydrogens (tertiary/aromatic N) is 2. The van der Waals surface area contributed by atoms with Crippen molar-refractivity contribution in [2.24, 2.45) is 0 Å². The standard InChI is InChI=1S/C15H34N3P/c1-9-17(10-2)19(18(11-3)12-4)14(5)13-16-15(6,7)8/h13,16H,9-12H2,1-8H3/b14-13+. The Morgan fingerprint density at radius 2 is 1.32 bits per heavy atom. The molecule has 0 spiro atoms. The molecule has 0 saturated carbocycles. The van der Waals surface area contributed by atoms with Crippen molar-refractivity contribution in [3.63, 3.8) is 0 Å². The molecule has 0 aromatic heterocycles. The lowest BCUT2D eigenvalue weighted by Gasteiger charge is -2.38. The fourth-order valence-electron chi connectivity index (χ4n) is 1.99. The molecule has 0 aliphatic heterocycles. The summed E-state index contributed by atoms with van der Waals surface area (Å²) in [5.74, 6) is 0. The second-order valence-corrected chi connectivity index (χ2v) is 8.16. The molecule has 0 saturated heterocycles. The maximum atomic E-state index is 3.51. The van der Waals surface area contributed by atoms with Crippen LogP contribution in [0.5, 0.6) is 0 Å². The first-order valence-electron chi connectivity index (χ1n) is 7.54. The van der Waals surface area contributed by atoms with Gasteiger partial charge in [0.15, 0.2) is 0 Å². The Kier molecular flexibility index (Phi) is 8.89. The van der Waals surface area contributed by atoms with E-state index < -0.39 is 0 Å². The van der Waals surface area contributed by atoms with Gasteiger partial charge in [-0.1, -0.05) is 27.7 Å². The highest BCUT2D eigenvalue weighted by atomic mass is 31.1. The van der Waals surface area contributed by atoms with Crippen LogP contribution in [0.25, 0.3) is 0 Å². The molecule has 1 N–H and O–H groups in total. The molecule has 0 bridgehead atoms. The molecule has 0 rings (SSSR count). The van der Waals surface area contributed by atoms with Crippen LogP contribution in [-0.4, -0.2) is 41.1 Å². The van der Waals surface area contributed by atoms with Gasteiger partial charge in [0.25, 0.3) is 0 Å². The molecule has 0 aromatic rings. The van der Waals surface area contributed by atoms with Crippen LogP contribution in [0.15, 0.2) is 11.5 Å². The Hall–Kier alpha value is -0.110. The normalized spacial score (nSPS) is 13.7. The minimum atomic E-state index is -0.337. The summed E-state index contributed by atoms with van der Waals surface area (Å²) < 4.78 is 5.16. The third-order valence-corrected chi connectivity index (χ3v) is 5.99. The highest BCUT2D eigenvalue weighted by Gasteiger charge is 2.23. The molecule has 0 amide bonds. The van der Waals surface area contributed by atoms with Crippen LogP contribution in [0.2, 0.25) is 0 Å². The molecular formula is C15H34N3P. The quantitative estimate of drug-likeness (QED) is 0.674. The summed E-state index contributed by atoms with van der Waals surface area (Å²) in [7, 11) is -0.337. The molecule has 0 atom stereocenters. The van der Waals surface area contributed by atoms with E-state index in [0.29, 0.717) is 0 Å². The number of allylic oxidation sites excluding steroid dienone is 1. The van der Waals surface area contributed by atoms with Gasteiger partial charge in [0.05, 0.1) is 8.22 Å². The van der Waals surface area contributed by atoms with E-state index in [2.05, 4.69) is 76.2 Å². The predicted octanol–water partition coefficient (Wildman–Crippen LogP) is 4.23. The Bertz CT molecular complexity index is 251. The topological polar surface area (TPSA) is 18.5 Å². The van der Waals surface area contributed by atoms with Gasteiger partial charge < -0.3 is 5.32 Å². The van der Waals surface area contributed by atoms with Crippen molar-refractivity contribution in [2.75, 3.05) is 26.2 Å². The summed E-state index contributed by atoms with van der Waals surface area (Å²) in [6, 6.07) is 0. The van der Waals surface area contributed by atoms with Crippen molar-refractivity contribution in [3.05, 3.63) is 11.5 Å². The van der Waals surface area contributed by atoms with Crippen LogP contribution in [0, 0.1) is 0 Å². The van der Waals surface area contributed by atoms with Crippen LogP contribution >= 0.6 is 8.22 Å². The first kappa shape index (κ1) is 18.9. The minimum Gasteiger partial charge on any atom is -0.386 e. The van der Waals surface area contributed by atoms with E-state index in [9.17, 15) is 0 Å². The van der Waals surface area contributed by atoms with Crippen LogP contribution in [0.1, 0.15) is 55.4 Å². The number of hydrogen-bond acceptors (Lipinski definition) is 3. The molecule has 0 radical (unpaired) electrons. The first-order valence-corrected chi connectivity index (χ1v) is 8.79. The van der Waals surface area contributed by atoms with E-state index in [0.717, 1.165) is 26.2 Å². The van der Waals surface area contributed by atoms with Crippen LogP contribution in [-0.2, 0) is 0 Å². The van der Waals surface area contributed by atoms with E-state index >= 15 is 0 Å². The maximum absolute atomic E-state index is 3.51. The van der Waals surface area contributed by atoms with Crippen molar-refractivity contribution in [1.29, 1.82) is 0 Å². The van der Waals surface area contributed by atoms with Gasteiger partial charge in [-0.2, -0.15) is 0 Å². The van der Waals surface area contributed by atoms with Gasteiger partial charge in [-0.15, -0.1) is 0 Å². The highest BCUT2D eigenvalue weighted by molar-refractivity contribution is 7.57. The zero-order valence-electron chi connectivity index (χ0n) is 14.2. The number of nitrogens with one attached hydrogen (secondary N) is 1. The Morgan fingerprint density at radius 1 is 0.947 bits per heavy atom. The van der Waals surface area contributed by atoms with Gasteiger partial charge >= 0.3 is 0 Å². The van der Waals surface area contributed by atoms with Crippen LogP contribution in [0.4, 0.5) is 0 Å².